The van der Waals surface area contributed by atoms with E-state index in [2.05, 4.69) is 39.4 Å². The summed E-state index contributed by atoms with van der Waals surface area (Å²) >= 11 is 0. The van der Waals surface area contributed by atoms with Crippen molar-refractivity contribution in [1.29, 1.82) is 0 Å². The van der Waals surface area contributed by atoms with Crippen molar-refractivity contribution >= 4 is 28.0 Å². The normalized spacial score (nSPS) is 11.5. The quantitative estimate of drug-likeness (QED) is 0.182. The lowest BCUT2D eigenvalue weighted by Crippen LogP contribution is -2.27. The van der Waals surface area contributed by atoms with Crippen LogP contribution in [0, 0.1) is 0 Å². The van der Waals surface area contributed by atoms with Gasteiger partial charge in [-0.2, -0.15) is 23.4 Å². The van der Waals surface area contributed by atoms with E-state index < -0.39 is 10.1 Å². The fraction of sp³-hybridized carbons (Fsp3) is 0.864. The van der Waals surface area contributed by atoms with Gasteiger partial charge in [-0.3, -0.25) is 4.55 Å². The van der Waals surface area contributed by atoms with Crippen LogP contribution in [0.15, 0.2) is 0 Å². The lowest BCUT2D eigenvalue weighted by atomic mass is 10.1. The summed E-state index contributed by atoms with van der Waals surface area (Å²) in [5, 5.41) is 6.54. The first kappa shape index (κ1) is 28.4. The molecule has 1 heterocycles. The summed E-state index contributed by atoms with van der Waals surface area (Å²) in [5.74, 6) is 0.955. The Hall–Kier alpha value is -1.68. The molecule has 186 valence electrons. The third-order valence-corrected chi connectivity index (χ3v) is 5.98. The molecule has 3 N–H and O–H groups in total. The molecule has 32 heavy (non-hydrogen) atoms. The zero-order chi connectivity index (χ0) is 23.7. The standard InChI is InChI=1S/C22H44N6O3S/c1-4-6-8-10-12-14-16-23-20-25-21(24-17-15-13-11-9-7-5-2)27-22(26-20)28(3)18-19-32(29,30)31/h4-19H2,1-3H3,(H,29,30,31)(H2,23,24,25,26,27). The number of hydrogen-bond acceptors (Lipinski definition) is 8. The summed E-state index contributed by atoms with van der Waals surface area (Å²) in [6, 6.07) is 0. The van der Waals surface area contributed by atoms with E-state index in [4.69, 9.17) is 4.55 Å². The molecular formula is C22H44N6O3S. The summed E-state index contributed by atoms with van der Waals surface area (Å²) in [4.78, 5) is 15.0. The topological polar surface area (TPSA) is 120 Å². The van der Waals surface area contributed by atoms with Crippen molar-refractivity contribution in [3.8, 4) is 0 Å². The molecule has 0 aliphatic heterocycles. The number of anilines is 3. The summed E-state index contributed by atoms with van der Waals surface area (Å²) < 4.78 is 31.2. The Balaban J connectivity index is 2.63. The predicted molar refractivity (Wildman–Crippen MR) is 133 cm³/mol. The minimum atomic E-state index is -4.05. The number of aromatic nitrogens is 3. The van der Waals surface area contributed by atoms with Gasteiger partial charge in [0.05, 0.1) is 5.75 Å². The van der Waals surface area contributed by atoms with Crippen LogP contribution in [0.1, 0.15) is 90.9 Å². The van der Waals surface area contributed by atoms with Crippen LogP contribution in [0.25, 0.3) is 0 Å². The van der Waals surface area contributed by atoms with Crippen molar-refractivity contribution in [3.05, 3.63) is 0 Å². The van der Waals surface area contributed by atoms with E-state index in [1.807, 2.05) is 0 Å². The minimum absolute atomic E-state index is 0.0938. The van der Waals surface area contributed by atoms with E-state index in [-0.39, 0.29) is 12.3 Å². The molecular weight excluding hydrogens is 428 g/mol. The molecule has 0 saturated carbocycles. The van der Waals surface area contributed by atoms with Crippen LogP contribution in [-0.4, -0.2) is 60.4 Å². The fourth-order valence-electron chi connectivity index (χ4n) is 3.26. The molecule has 0 aliphatic rings. The van der Waals surface area contributed by atoms with E-state index in [0.717, 1.165) is 25.9 Å². The molecule has 0 saturated heterocycles. The lowest BCUT2D eigenvalue weighted by Gasteiger charge is -2.18. The zero-order valence-corrected chi connectivity index (χ0v) is 21.1. The first-order valence-electron chi connectivity index (χ1n) is 12.3. The Morgan fingerprint density at radius 2 is 1.19 bits per heavy atom. The molecule has 1 aromatic rings. The molecule has 1 aromatic heterocycles. The van der Waals surface area contributed by atoms with E-state index in [0.29, 0.717) is 17.8 Å². The zero-order valence-electron chi connectivity index (χ0n) is 20.3. The van der Waals surface area contributed by atoms with Crippen LogP contribution in [0.4, 0.5) is 17.8 Å². The van der Waals surface area contributed by atoms with Crippen molar-refractivity contribution in [2.75, 3.05) is 48.0 Å². The van der Waals surface area contributed by atoms with Gasteiger partial charge in [0.15, 0.2) is 0 Å². The second kappa shape index (κ2) is 16.9. The Morgan fingerprint density at radius 3 is 1.62 bits per heavy atom. The molecule has 0 fully saturated rings. The van der Waals surface area contributed by atoms with Gasteiger partial charge in [-0.15, -0.1) is 0 Å². The largest absolute Gasteiger partial charge is 0.354 e. The number of nitrogens with one attached hydrogen (secondary N) is 2. The van der Waals surface area contributed by atoms with E-state index >= 15 is 0 Å². The third-order valence-electron chi connectivity index (χ3n) is 5.28. The molecule has 9 nitrogen and oxygen atoms in total. The van der Waals surface area contributed by atoms with Gasteiger partial charge in [0.25, 0.3) is 10.1 Å². The van der Waals surface area contributed by atoms with Crippen molar-refractivity contribution in [1.82, 2.24) is 15.0 Å². The Labute approximate surface area is 195 Å². The number of unbranched alkanes of at least 4 members (excludes halogenated alkanes) is 10. The lowest BCUT2D eigenvalue weighted by molar-refractivity contribution is 0.483. The predicted octanol–water partition coefficient (Wildman–Crippen LogP) is 4.74. The van der Waals surface area contributed by atoms with E-state index in [9.17, 15) is 8.42 Å². The van der Waals surface area contributed by atoms with Gasteiger partial charge in [-0.05, 0) is 12.8 Å². The molecule has 1 rings (SSSR count). The Bertz CT molecular complexity index is 681. The molecule has 0 bridgehead atoms. The molecule has 0 aliphatic carbocycles. The minimum Gasteiger partial charge on any atom is -0.354 e. The summed E-state index contributed by atoms with van der Waals surface area (Å²) in [6.45, 7) is 6.08. The van der Waals surface area contributed by atoms with Crippen LogP contribution >= 0.6 is 0 Å². The highest BCUT2D eigenvalue weighted by molar-refractivity contribution is 7.85. The van der Waals surface area contributed by atoms with Gasteiger partial charge in [-0.25, -0.2) is 0 Å². The van der Waals surface area contributed by atoms with Gasteiger partial charge < -0.3 is 15.5 Å². The number of hydrogen-bond donors (Lipinski definition) is 3. The van der Waals surface area contributed by atoms with E-state index in [1.54, 1.807) is 11.9 Å². The number of rotatable bonds is 20. The second-order valence-corrected chi connectivity index (χ2v) is 9.95. The molecule has 0 spiro atoms. The maximum Gasteiger partial charge on any atom is 0.266 e. The van der Waals surface area contributed by atoms with Crippen molar-refractivity contribution in [3.63, 3.8) is 0 Å². The first-order valence-corrected chi connectivity index (χ1v) is 13.9. The fourth-order valence-corrected chi connectivity index (χ4v) is 3.76. The summed E-state index contributed by atoms with van der Waals surface area (Å²) in [6.07, 6.45) is 14.5. The smallest absolute Gasteiger partial charge is 0.266 e. The molecule has 0 radical (unpaired) electrons. The molecule has 0 unspecified atom stereocenters. The van der Waals surface area contributed by atoms with Crippen LogP contribution in [0.2, 0.25) is 0 Å². The van der Waals surface area contributed by atoms with Gasteiger partial charge >= 0.3 is 0 Å². The van der Waals surface area contributed by atoms with Crippen molar-refractivity contribution in [2.45, 2.75) is 90.9 Å². The van der Waals surface area contributed by atoms with Crippen LogP contribution < -0.4 is 15.5 Å². The van der Waals surface area contributed by atoms with E-state index in [1.165, 1.54) is 64.2 Å². The average Bonchev–Trinajstić information content (AvgIpc) is 2.75. The maximum atomic E-state index is 11.1. The third kappa shape index (κ3) is 14.4. The Morgan fingerprint density at radius 1 is 0.750 bits per heavy atom. The number of nitrogens with zero attached hydrogens (tertiary/aromatic N) is 4. The van der Waals surface area contributed by atoms with Crippen LogP contribution in [0.5, 0.6) is 0 Å². The molecule has 10 heteroatoms. The SMILES string of the molecule is CCCCCCCCNc1nc(NCCCCCCCC)nc(N(C)CCS(=O)(=O)O)n1. The highest BCUT2D eigenvalue weighted by Crippen LogP contribution is 2.14. The van der Waals surface area contributed by atoms with Crippen LogP contribution in [0.3, 0.4) is 0 Å². The van der Waals surface area contributed by atoms with Gasteiger partial charge in [-0.1, -0.05) is 78.1 Å². The second-order valence-electron chi connectivity index (χ2n) is 8.38. The highest BCUT2D eigenvalue weighted by Gasteiger charge is 2.13. The summed E-state index contributed by atoms with van der Waals surface area (Å²) in [5.41, 5.74) is 0. The summed E-state index contributed by atoms with van der Waals surface area (Å²) in [7, 11) is -2.34. The monoisotopic (exact) mass is 472 g/mol. The van der Waals surface area contributed by atoms with Gasteiger partial charge in [0, 0.05) is 26.7 Å². The van der Waals surface area contributed by atoms with Crippen molar-refractivity contribution < 1.29 is 13.0 Å². The van der Waals surface area contributed by atoms with Gasteiger partial charge in [0.2, 0.25) is 17.8 Å². The maximum absolute atomic E-state index is 11.1. The first-order chi connectivity index (χ1) is 15.4. The Kier molecular flexibility index (Phi) is 15.0. The average molecular weight is 473 g/mol. The van der Waals surface area contributed by atoms with Gasteiger partial charge in [0.1, 0.15) is 0 Å². The molecule has 0 amide bonds. The van der Waals surface area contributed by atoms with Crippen molar-refractivity contribution in [2.24, 2.45) is 0 Å². The molecule has 0 atom stereocenters. The van der Waals surface area contributed by atoms with Crippen LogP contribution in [-0.2, 0) is 10.1 Å². The molecule has 0 aromatic carbocycles. The highest BCUT2D eigenvalue weighted by atomic mass is 32.2.